The van der Waals surface area contributed by atoms with E-state index in [9.17, 15) is 9.59 Å². The molecule has 0 bridgehead atoms. The van der Waals surface area contributed by atoms with Gasteiger partial charge < -0.3 is 16.0 Å². The molecule has 0 rings (SSSR count). The van der Waals surface area contributed by atoms with Crippen molar-refractivity contribution in [2.24, 2.45) is 0 Å². The molecular formula is C7H12N4O2. The molecule has 3 amide bonds. The number of carbonyl (C=O) groups is 2. The Morgan fingerprint density at radius 2 is 1.85 bits per heavy atom. The lowest BCUT2D eigenvalue weighted by atomic mass is 10.5. The minimum Gasteiger partial charge on any atom is -0.355 e. The lowest BCUT2D eigenvalue weighted by molar-refractivity contribution is -0.118. The summed E-state index contributed by atoms with van der Waals surface area (Å²) < 4.78 is 0. The van der Waals surface area contributed by atoms with Crippen molar-refractivity contribution in [3.05, 3.63) is 0 Å². The van der Waals surface area contributed by atoms with Crippen LogP contribution in [0.3, 0.4) is 0 Å². The lowest BCUT2D eigenvalue weighted by Crippen LogP contribution is -2.39. The zero-order valence-electron chi connectivity index (χ0n) is 7.39. The Hall–Kier alpha value is -1.77. The van der Waals surface area contributed by atoms with E-state index >= 15 is 0 Å². The van der Waals surface area contributed by atoms with E-state index in [0.717, 1.165) is 0 Å². The largest absolute Gasteiger partial charge is 0.355 e. The van der Waals surface area contributed by atoms with E-state index in [1.807, 2.05) is 0 Å². The Morgan fingerprint density at radius 1 is 1.23 bits per heavy atom. The van der Waals surface area contributed by atoms with Crippen LogP contribution < -0.4 is 16.0 Å². The molecule has 0 saturated carbocycles. The van der Waals surface area contributed by atoms with Crippen molar-refractivity contribution in [3.8, 4) is 6.07 Å². The van der Waals surface area contributed by atoms with Crippen LogP contribution in [-0.2, 0) is 4.79 Å². The fourth-order valence-electron chi connectivity index (χ4n) is 0.597. The Kier molecular flexibility index (Phi) is 5.97. The molecule has 72 valence electrons. The first-order chi connectivity index (χ1) is 6.16. The number of nitrogens with one attached hydrogen (secondary N) is 3. The number of amides is 3. The standard InChI is InChI=1S/C7H12N4O2/c1-6(12)9-4-5-11-7(13)10-3-2-8/h3-5H2,1H3,(H,9,12)(H2,10,11,13). The van der Waals surface area contributed by atoms with Gasteiger partial charge in [-0.3, -0.25) is 4.79 Å². The molecule has 6 nitrogen and oxygen atoms in total. The highest BCUT2D eigenvalue weighted by atomic mass is 16.2. The summed E-state index contributed by atoms with van der Waals surface area (Å²) in [6.45, 7) is 2.11. The molecule has 0 atom stereocenters. The van der Waals surface area contributed by atoms with Gasteiger partial charge in [0.1, 0.15) is 6.54 Å². The van der Waals surface area contributed by atoms with Gasteiger partial charge in [0, 0.05) is 20.0 Å². The van der Waals surface area contributed by atoms with E-state index in [1.54, 1.807) is 6.07 Å². The van der Waals surface area contributed by atoms with E-state index < -0.39 is 6.03 Å². The molecule has 0 saturated heterocycles. The minimum atomic E-state index is -0.410. The van der Waals surface area contributed by atoms with Crippen LogP contribution in [0.2, 0.25) is 0 Å². The van der Waals surface area contributed by atoms with Crippen LogP contribution >= 0.6 is 0 Å². The van der Waals surface area contributed by atoms with Gasteiger partial charge in [-0.15, -0.1) is 0 Å². The van der Waals surface area contributed by atoms with Gasteiger partial charge in [-0.05, 0) is 0 Å². The van der Waals surface area contributed by atoms with Gasteiger partial charge >= 0.3 is 6.03 Å². The summed E-state index contributed by atoms with van der Waals surface area (Å²) in [6, 6.07) is 1.36. The molecule has 13 heavy (non-hydrogen) atoms. The summed E-state index contributed by atoms with van der Waals surface area (Å²) in [5.74, 6) is -0.140. The molecule has 0 spiro atoms. The Bertz CT molecular complexity index is 221. The second-order valence-electron chi connectivity index (χ2n) is 2.25. The van der Waals surface area contributed by atoms with Gasteiger partial charge in [0.05, 0.1) is 6.07 Å². The highest BCUT2D eigenvalue weighted by Gasteiger charge is 1.96. The van der Waals surface area contributed by atoms with Crippen LogP contribution in [0.1, 0.15) is 6.92 Å². The molecule has 0 fully saturated rings. The molecule has 0 aromatic rings. The van der Waals surface area contributed by atoms with E-state index in [-0.39, 0.29) is 12.5 Å². The molecule has 0 aromatic heterocycles. The topological polar surface area (TPSA) is 94.0 Å². The molecule has 0 radical (unpaired) electrons. The van der Waals surface area contributed by atoms with E-state index in [4.69, 9.17) is 5.26 Å². The number of carbonyl (C=O) groups excluding carboxylic acids is 2. The quantitative estimate of drug-likeness (QED) is 0.384. The summed E-state index contributed by atoms with van der Waals surface area (Å²) in [6.07, 6.45) is 0. The van der Waals surface area contributed by atoms with Gasteiger partial charge in [0.15, 0.2) is 0 Å². The normalized spacial score (nSPS) is 8.31. The first-order valence-electron chi connectivity index (χ1n) is 3.80. The number of hydrogen-bond donors (Lipinski definition) is 3. The maximum atomic E-state index is 10.8. The van der Waals surface area contributed by atoms with Crippen molar-refractivity contribution in [2.75, 3.05) is 19.6 Å². The highest BCUT2D eigenvalue weighted by Crippen LogP contribution is 1.64. The molecule has 0 aliphatic rings. The Labute approximate surface area is 76.3 Å². The monoisotopic (exact) mass is 184 g/mol. The zero-order chi connectivity index (χ0) is 10.1. The summed E-state index contributed by atoms with van der Waals surface area (Å²) in [4.78, 5) is 21.1. The SMILES string of the molecule is CC(=O)NCCNC(=O)NCC#N. The van der Waals surface area contributed by atoms with Crippen molar-refractivity contribution >= 4 is 11.9 Å². The second-order valence-corrected chi connectivity index (χ2v) is 2.25. The lowest BCUT2D eigenvalue weighted by Gasteiger charge is -2.04. The van der Waals surface area contributed by atoms with Gasteiger partial charge in [0.25, 0.3) is 0 Å². The van der Waals surface area contributed by atoms with Crippen LogP contribution in [0.25, 0.3) is 0 Å². The van der Waals surface area contributed by atoms with Gasteiger partial charge in [-0.1, -0.05) is 0 Å². The molecular weight excluding hydrogens is 172 g/mol. The predicted molar refractivity (Wildman–Crippen MR) is 45.7 cm³/mol. The molecule has 6 heteroatoms. The van der Waals surface area contributed by atoms with Crippen LogP contribution in [0.15, 0.2) is 0 Å². The van der Waals surface area contributed by atoms with E-state index in [2.05, 4.69) is 16.0 Å². The summed E-state index contributed by atoms with van der Waals surface area (Å²) >= 11 is 0. The van der Waals surface area contributed by atoms with Gasteiger partial charge in [-0.2, -0.15) is 5.26 Å². The van der Waals surface area contributed by atoms with Crippen molar-refractivity contribution in [1.29, 1.82) is 5.26 Å². The highest BCUT2D eigenvalue weighted by molar-refractivity contribution is 5.74. The van der Waals surface area contributed by atoms with Crippen molar-refractivity contribution in [2.45, 2.75) is 6.92 Å². The van der Waals surface area contributed by atoms with E-state index in [1.165, 1.54) is 6.92 Å². The van der Waals surface area contributed by atoms with Crippen LogP contribution in [0, 0.1) is 11.3 Å². The third kappa shape index (κ3) is 8.13. The third-order valence-corrected chi connectivity index (χ3v) is 1.11. The average Bonchev–Trinajstić information content (AvgIpc) is 2.08. The molecule has 0 aliphatic carbocycles. The number of urea groups is 1. The van der Waals surface area contributed by atoms with Crippen molar-refractivity contribution in [3.63, 3.8) is 0 Å². The third-order valence-electron chi connectivity index (χ3n) is 1.11. The first kappa shape index (κ1) is 11.2. The molecule has 0 aliphatic heterocycles. The first-order valence-corrected chi connectivity index (χ1v) is 3.80. The van der Waals surface area contributed by atoms with Gasteiger partial charge in [-0.25, -0.2) is 4.79 Å². The van der Waals surface area contributed by atoms with Crippen LogP contribution in [0.4, 0.5) is 4.79 Å². The van der Waals surface area contributed by atoms with Crippen molar-refractivity contribution in [1.82, 2.24) is 16.0 Å². The second kappa shape index (κ2) is 6.91. The molecule has 0 aromatic carbocycles. The van der Waals surface area contributed by atoms with Crippen molar-refractivity contribution < 1.29 is 9.59 Å². The zero-order valence-corrected chi connectivity index (χ0v) is 7.39. The van der Waals surface area contributed by atoms with E-state index in [0.29, 0.717) is 13.1 Å². The Balaban J connectivity index is 3.28. The number of nitriles is 1. The fourth-order valence-corrected chi connectivity index (χ4v) is 0.597. The maximum absolute atomic E-state index is 10.8. The number of nitrogens with zero attached hydrogens (tertiary/aromatic N) is 1. The summed E-state index contributed by atoms with van der Waals surface area (Å²) in [5.41, 5.74) is 0. The predicted octanol–water partition coefficient (Wildman–Crippen LogP) is -1.05. The average molecular weight is 184 g/mol. The number of hydrogen-bond acceptors (Lipinski definition) is 3. The number of rotatable bonds is 4. The smallest absolute Gasteiger partial charge is 0.315 e. The Morgan fingerprint density at radius 3 is 2.38 bits per heavy atom. The maximum Gasteiger partial charge on any atom is 0.315 e. The summed E-state index contributed by atoms with van der Waals surface area (Å²) in [5, 5.41) is 15.4. The molecule has 0 unspecified atom stereocenters. The molecule has 3 N–H and O–H groups in total. The summed E-state index contributed by atoms with van der Waals surface area (Å²) in [7, 11) is 0. The minimum absolute atomic E-state index is 0.0219. The van der Waals surface area contributed by atoms with Crippen LogP contribution in [0.5, 0.6) is 0 Å². The van der Waals surface area contributed by atoms with Crippen LogP contribution in [-0.4, -0.2) is 31.6 Å². The molecule has 0 heterocycles. The fraction of sp³-hybridized carbons (Fsp3) is 0.571. The van der Waals surface area contributed by atoms with Gasteiger partial charge in [0.2, 0.25) is 5.91 Å².